The normalized spacial score (nSPS) is 10.0. The van der Waals surface area contributed by atoms with Crippen LogP contribution in [0, 0.1) is 15.9 Å². The second kappa shape index (κ2) is 6.57. The van der Waals surface area contributed by atoms with E-state index in [1.165, 1.54) is 42.5 Å². The first-order chi connectivity index (χ1) is 10.5. The van der Waals surface area contributed by atoms with E-state index in [1.54, 1.807) is 0 Å². The summed E-state index contributed by atoms with van der Waals surface area (Å²) in [5, 5.41) is 10.5. The average molecular weight is 303 g/mol. The molecule has 0 saturated carbocycles. The molecular weight excluding hydrogens is 293 g/mol. The smallest absolute Gasteiger partial charge is 0.338 e. The fourth-order valence-electron chi connectivity index (χ4n) is 1.68. The van der Waals surface area contributed by atoms with E-state index >= 15 is 0 Å². The number of hydrogen-bond donors (Lipinski definition) is 0. The highest BCUT2D eigenvalue weighted by Crippen LogP contribution is 2.13. The summed E-state index contributed by atoms with van der Waals surface area (Å²) in [4.78, 5) is 33.4. The number of benzene rings is 2. The molecule has 2 rings (SSSR count). The predicted octanol–water partition coefficient (Wildman–Crippen LogP) is 2.77. The van der Waals surface area contributed by atoms with Crippen molar-refractivity contribution in [2.45, 2.75) is 0 Å². The largest absolute Gasteiger partial charge is 0.454 e. The number of esters is 1. The van der Waals surface area contributed by atoms with E-state index in [4.69, 9.17) is 4.74 Å². The molecule has 0 spiro atoms. The monoisotopic (exact) mass is 303 g/mol. The van der Waals surface area contributed by atoms with Gasteiger partial charge < -0.3 is 4.74 Å². The van der Waals surface area contributed by atoms with Gasteiger partial charge in [0.05, 0.1) is 10.5 Å². The van der Waals surface area contributed by atoms with Gasteiger partial charge in [-0.25, -0.2) is 9.18 Å². The quantitative estimate of drug-likeness (QED) is 0.367. The van der Waals surface area contributed by atoms with Crippen LogP contribution in [0.4, 0.5) is 10.1 Å². The van der Waals surface area contributed by atoms with Crippen LogP contribution in [-0.2, 0) is 4.74 Å². The number of non-ortho nitro benzene ring substituents is 1. The first-order valence-electron chi connectivity index (χ1n) is 6.18. The van der Waals surface area contributed by atoms with E-state index in [0.717, 1.165) is 6.07 Å². The van der Waals surface area contributed by atoms with Crippen LogP contribution in [0.1, 0.15) is 20.7 Å². The molecule has 22 heavy (non-hydrogen) atoms. The number of ketones is 1. The van der Waals surface area contributed by atoms with E-state index < -0.39 is 29.1 Å². The van der Waals surface area contributed by atoms with Crippen molar-refractivity contribution < 1.29 is 23.6 Å². The number of rotatable bonds is 5. The lowest BCUT2D eigenvalue weighted by Crippen LogP contribution is -2.14. The van der Waals surface area contributed by atoms with Crippen molar-refractivity contribution in [3.05, 3.63) is 75.6 Å². The van der Waals surface area contributed by atoms with Crippen LogP contribution in [0.25, 0.3) is 0 Å². The highest BCUT2D eigenvalue weighted by molar-refractivity contribution is 5.99. The highest BCUT2D eigenvalue weighted by Gasteiger charge is 2.13. The summed E-state index contributed by atoms with van der Waals surface area (Å²) in [6.07, 6.45) is 0. The lowest BCUT2D eigenvalue weighted by atomic mass is 10.1. The molecule has 0 fully saturated rings. The molecule has 0 aliphatic carbocycles. The van der Waals surface area contributed by atoms with Gasteiger partial charge in [-0.15, -0.1) is 0 Å². The van der Waals surface area contributed by atoms with Gasteiger partial charge in [0.25, 0.3) is 5.69 Å². The third-order valence-corrected chi connectivity index (χ3v) is 2.79. The van der Waals surface area contributed by atoms with Crippen molar-refractivity contribution in [3.8, 4) is 0 Å². The van der Waals surface area contributed by atoms with E-state index in [0.29, 0.717) is 0 Å². The summed E-state index contributed by atoms with van der Waals surface area (Å²) in [5.41, 5.74) is 0.0300. The summed E-state index contributed by atoms with van der Waals surface area (Å²) < 4.78 is 17.8. The van der Waals surface area contributed by atoms with Gasteiger partial charge in [-0.2, -0.15) is 0 Å². The molecule has 0 saturated heterocycles. The second-order valence-electron chi connectivity index (χ2n) is 4.31. The van der Waals surface area contributed by atoms with Gasteiger partial charge in [0.2, 0.25) is 0 Å². The Morgan fingerprint density at radius 2 is 1.77 bits per heavy atom. The maximum Gasteiger partial charge on any atom is 0.338 e. The molecule has 0 amide bonds. The molecular formula is C15H10FNO5. The molecule has 0 heterocycles. The standard InChI is InChI=1S/C15H10FNO5/c16-12-3-1-2-11(8-12)15(19)22-9-14(18)10-4-6-13(7-5-10)17(20)21/h1-8H,9H2. The van der Waals surface area contributed by atoms with Gasteiger partial charge in [-0.1, -0.05) is 6.07 Å². The molecule has 0 N–H and O–H groups in total. The molecule has 6 nitrogen and oxygen atoms in total. The van der Waals surface area contributed by atoms with Gasteiger partial charge >= 0.3 is 5.97 Å². The van der Waals surface area contributed by atoms with Crippen LogP contribution in [-0.4, -0.2) is 23.3 Å². The number of hydrogen-bond acceptors (Lipinski definition) is 5. The first kappa shape index (κ1) is 15.3. The number of nitrogens with zero attached hydrogens (tertiary/aromatic N) is 1. The van der Waals surface area contributed by atoms with Crippen molar-refractivity contribution in [1.82, 2.24) is 0 Å². The fraction of sp³-hybridized carbons (Fsp3) is 0.0667. The van der Waals surface area contributed by atoms with Crippen LogP contribution in [0.15, 0.2) is 48.5 Å². The Kier molecular flexibility index (Phi) is 4.57. The van der Waals surface area contributed by atoms with Crippen LogP contribution in [0.2, 0.25) is 0 Å². The maximum atomic E-state index is 13.0. The number of carbonyl (C=O) groups excluding carboxylic acids is 2. The minimum absolute atomic E-state index is 0.00324. The lowest BCUT2D eigenvalue weighted by molar-refractivity contribution is -0.384. The Morgan fingerprint density at radius 1 is 1.09 bits per heavy atom. The van der Waals surface area contributed by atoms with Gasteiger partial charge in [0.1, 0.15) is 5.82 Å². The maximum absolute atomic E-state index is 13.0. The molecule has 0 aliphatic rings. The van der Waals surface area contributed by atoms with Crippen LogP contribution < -0.4 is 0 Å². The van der Waals surface area contributed by atoms with Crippen molar-refractivity contribution in [3.63, 3.8) is 0 Å². The number of halogens is 1. The van der Waals surface area contributed by atoms with E-state index in [2.05, 4.69) is 0 Å². The summed E-state index contributed by atoms with van der Waals surface area (Å²) in [6, 6.07) is 9.81. The predicted molar refractivity (Wildman–Crippen MR) is 74.1 cm³/mol. The first-order valence-corrected chi connectivity index (χ1v) is 6.18. The van der Waals surface area contributed by atoms with Crippen molar-refractivity contribution >= 4 is 17.4 Å². The van der Waals surface area contributed by atoms with Gasteiger partial charge in [-0.05, 0) is 30.3 Å². The summed E-state index contributed by atoms with van der Waals surface area (Å²) in [5.74, 6) is -1.93. The molecule has 0 bridgehead atoms. The van der Waals surface area contributed by atoms with E-state index in [9.17, 15) is 24.1 Å². The summed E-state index contributed by atoms with van der Waals surface area (Å²) >= 11 is 0. The SMILES string of the molecule is O=C(COC(=O)c1cccc(F)c1)c1ccc([N+](=O)[O-])cc1. The van der Waals surface area contributed by atoms with Crippen molar-refractivity contribution in [2.75, 3.05) is 6.61 Å². The van der Waals surface area contributed by atoms with Crippen LogP contribution >= 0.6 is 0 Å². The van der Waals surface area contributed by atoms with Gasteiger partial charge in [0, 0.05) is 17.7 Å². The molecule has 0 aliphatic heterocycles. The number of carbonyl (C=O) groups is 2. The number of nitro groups is 1. The minimum Gasteiger partial charge on any atom is -0.454 e. The zero-order chi connectivity index (χ0) is 16.1. The zero-order valence-corrected chi connectivity index (χ0v) is 11.2. The van der Waals surface area contributed by atoms with Crippen molar-refractivity contribution in [1.29, 1.82) is 0 Å². The van der Waals surface area contributed by atoms with E-state index in [-0.39, 0.29) is 16.8 Å². The van der Waals surface area contributed by atoms with E-state index in [1.807, 2.05) is 0 Å². The molecule has 0 atom stereocenters. The fourth-order valence-corrected chi connectivity index (χ4v) is 1.68. The Balaban J connectivity index is 1.97. The Bertz CT molecular complexity index is 727. The van der Waals surface area contributed by atoms with Gasteiger partial charge in [-0.3, -0.25) is 14.9 Å². The zero-order valence-electron chi connectivity index (χ0n) is 11.2. The van der Waals surface area contributed by atoms with Gasteiger partial charge in [0.15, 0.2) is 12.4 Å². The Morgan fingerprint density at radius 3 is 2.36 bits per heavy atom. The summed E-state index contributed by atoms with van der Waals surface area (Å²) in [6.45, 7) is -0.535. The molecule has 2 aromatic carbocycles. The number of ether oxygens (including phenoxy) is 1. The summed E-state index contributed by atoms with van der Waals surface area (Å²) in [7, 11) is 0. The minimum atomic E-state index is -0.824. The second-order valence-corrected chi connectivity index (χ2v) is 4.31. The number of nitro benzene ring substituents is 1. The van der Waals surface area contributed by atoms with Crippen LogP contribution in [0.5, 0.6) is 0 Å². The Labute approximate surface area is 124 Å². The topological polar surface area (TPSA) is 86.5 Å². The van der Waals surface area contributed by atoms with Crippen LogP contribution in [0.3, 0.4) is 0 Å². The average Bonchev–Trinajstić information content (AvgIpc) is 2.52. The molecule has 0 aromatic heterocycles. The Hall–Kier alpha value is -3.09. The molecule has 7 heteroatoms. The lowest BCUT2D eigenvalue weighted by Gasteiger charge is -2.04. The van der Waals surface area contributed by atoms with Crippen molar-refractivity contribution in [2.24, 2.45) is 0 Å². The number of Topliss-reactive ketones (excluding diaryl/α,β-unsaturated/α-hetero) is 1. The molecule has 2 aromatic rings. The molecule has 0 radical (unpaired) electrons. The molecule has 0 unspecified atom stereocenters. The third-order valence-electron chi connectivity index (χ3n) is 2.79. The highest BCUT2D eigenvalue weighted by atomic mass is 19.1. The molecule has 112 valence electrons. The third kappa shape index (κ3) is 3.72.